The molecule has 0 unspecified atom stereocenters. The molecule has 2 heterocycles. The van der Waals surface area contributed by atoms with Gasteiger partial charge in [0, 0.05) is 41.4 Å². The molecule has 164 valence electrons. The molecule has 1 aliphatic rings. The number of likely N-dealkylation sites (N-methyl/N-ethyl adjacent to an activating group) is 1. The molecule has 0 spiro atoms. The van der Waals surface area contributed by atoms with E-state index in [1.54, 1.807) is 4.90 Å². The fourth-order valence-electron chi connectivity index (χ4n) is 3.69. The highest BCUT2D eigenvalue weighted by molar-refractivity contribution is 8.18. The number of para-hydroxylation sites is 1. The van der Waals surface area contributed by atoms with E-state index in [0.717, 1.165) is 32.9 Å². The molecule has 6 nitrogen and oxygen atoms in total. The van der Waals surface area contributed by atoms with Crippen molar-refractivity contribution in [1.82, 2.24) is 9.47 Å². The van der Waals surface area contributed by atoms with Crippen molar-refractivity contribution in [3.8, 4) is 0 Å². The fraction of sp³-hybridized carbons (Fsp3) is 0.240. The highest BCUT2D eigenvalue weighted by atomic mass is 32.2. The zero-order valence-electron chi connectivity index (χ0n) is 18.5. The lowest BCUT2D eigenvalue weighted by Crippen LogP contribution is -2.28. The minimum absolute atomic E-state index is 0.0290. The molecule has 1 fully saturated rings. The number of nitrogens with zero attached hydrogens (tertiary/aromatic N) is 3. The van der Waals surface area contributed by atoms with E-state index in [9.17, 15) is 9.59 Å². The molecule has 1 aliphatic heterocycles. The Morgan fingerprint density at radius 3 is 2.59 bits per heavy atom. The zero-order chi connectivity index (χ0) is 22.7. The van der Waals surface area contributed by atoms with Crippen molar-refractivity contribution in [2.24, 2.45) is 4.99 Å². The van der Waals surface area contributed by atoms with Crippen molar-refractivity contribution in [3.63, 3.8) is 0 Å². The highest BCUT2D eigenvalue weighted by Crippen LogP contribution is 2.34. The lowest BCUT2D eigenvalue weighted by Gasteiger charge is -2.11. The molecule has 4 rings (SSSR count). The van der Waals surface area contributed by atoms with E-state index in [-0.39, 0.29) is 18.4 Å². The number of aromatic nitrogens is 1. The molecule has 0 bridgehead atoms. The van der Waals surface area contributed by atoms with Crippen LogP contribution in [0.15, 0.2) is 64.6 Å². The van der Waals surface area contributed by atoms with Gasteiger partial charge in [0.1, 0.15) is 6.54 Å². The minimum Gasteiger partial charge on any atom is -0.337 e. The fourth-order valence-corrected chi connectivity index (χ4v) is 4.79. The van der Waals surface area contributed by atoms with Crippen LogP contribution >= 0.6 is 11.8 Å². The normalized spacial score (nSPS) is 16.5. The number of hydrogen-bond donors (Lipinski definition) is 1. The van der Waals surface area contributed by atoms with Crippen LogP contribution in [0.3, 0.4) is 0 Å². The number of amidine groups is 1. The molecule has 1 aromatic heterocycles. The topological polar surface area (TPSA) is 66.7 Å². The van der Waals surface area contributed by atoms with Crippen LogP contribution in [0.2, 0.25) is 0 Å². The summed E-state index contributed by atoms with van der Waals surface area (Å²) in [4.78, 5) is 32.3. The van der Waals surface area contributed by atoms with Gasteiger partial charge in [0.25, 0.3) is 5.91 Å². The number of nitrogens with one attached hydrogen (secondary N) is 1. The Labute approximate surface area is 192 Å². The Morgan fingerprint density at radius 1 is 1.12 bits per heavy atom. The number of hydrogen-bond acceptors (Lipinski definition) is 4. The summed E-state index contributed by atoms with van der Waals surface area (Å²) >= 11 is 1.40. The van der Waals surface area contributed by atoms with Crippen LogP contribution in [0.4, 0.5) is 5.69 Å². The first kappa shape index (κ1) is 21.9. The van der Waals surface area contributed by atoms with Gasteiger partial charge in [0.2, 0.25) is 5.91 Å². The van der Waals surface area contributed by atoms with Crippen LogP contribution in [-0.4, -0.2) is 39.5 Å². The summed E-state index contributed by atoms with van der Waals surface area (Å²) < 4.78 is 1.92. The second kappa shape index (κ2) is 9.44. The molecule has 0 aliphatic carbocycles. The number of carbonyl (C=O) groups is 2. The number of anilines is 1. The summed E-state index contributed by atoms with van der Waals surface area (Å²) in [5.74, 6) is -0.131. The highest BCUT2D eigenvalue weighted by Gasteiger charge is 2.32. The predicted octanol–water partition coefficient (Wildman–Crippen LogP) is 4.90. The van der Waals surface area contributed by atoms with Gasteiger partial charge in [-0.1, -0.05) is 35.9 Å². The molecule has 2 aromatic carbocycles. The molecule has 0 radical (unpaired) electrons. The smallest absolute Gasteiger partial charge is 0.266 e. The minimum atomic E-state index is -0.102. The summed E-state index contributed by atoms with van der Waals surface area (Å²) in [7, 11) is 0. The Hall–Kier alpha value is -3.32. The van der Waals surface area contributed by atoms with E-state index >= 15 is 0 Å². The molecule has 7 heteroatoms. The van der Waals surface area contributed by atoms with Crippen molar-refractivity contribution in [1.29, 1.82) is 0 Å². The van der Waals surface area contributed by atoms with Crippen LogP contribution in [0.25, 0.3) is 17.0 Å². The molecular weight excluding hydrogens is 420 g/mol. The van der Waals surface area contributed by atoms with Crippen molar-refractivity contribution in [3.05, 3.63) is 70.8 Å². The van der Waals surface area contributed by atoms with Crippen LogP contribution < -0.4 is 5.32 Å². The SMILES string of the molecule is CCN=C1S/C(=C\c2cn(CC(=O)Nc3ccc(C)cc3)c3ccccc23)C(=O)N1CC. The number of rotatable bonds is 6. The number of aliphatic imine (C=N–C) groups is 1. The Morgan fingerprint density at radius 2 is 1.88 bits per heavy atom. The third kappa shape index (κ3) is 4.48. The molecule has 1 N–H and O–H groups in total. The largest absolute Gasteiger partial charge is 0.337 e. The van der Waals surface area contributed by atoms with Gasteiger partial charge < -0.3 is 9.88 Å². The van der Waals surface area contributed by atoms with E-state index in [4.69, 9.17) is 0 Å². The van der Waals surface area contributed by atoms with Crippen LogP contribution in [0.5, 0.6) is 0 Å². The van der Waals surface area contributed by atoms with Crippen molar-refractivity contribution >= 4 is 51.4 Å². The van der Waals surface area contributed by atoms with Crippen molar-refractivity contribution in [2.45, 2.75) is 27.3 Å². The molecule has 0 saturated carbocycles. The molecule has 0 atom stereocenters. The third-order valence-corrected chi connectivity index (χ3v) is 6.30. The van der Waals surface area contributed by atoms with Crippen molar-refractivity contribution in [2.75, 3.05) is 18.4 Å². The Kier molecular flexibility index (Phi) is 6.46. The zero-order valence-corrected chi connectivity index (χ0v) is 19.3. The summed E-state index contributed by atoms with van der Waals surface area (Å²) in [6, 6.07) is 15.7. The summed E-state index contributed by atoms with van der Waals surface area (Å²) in [6.45, 7) is 7.33. The number of benzene rings is 2. The predicted molar refractivity (Wildman–Crippen MR) is 133 cm³/mol. The lowest BCUT2D eigenvalue weighted by molar-refractivity contribution is -0.122. The maximum Gasteiger partial charge on any atom is 0.266 e. The molecule has 32 heavy (non-hydrogen) atoms. The van der Waals surface area contributed by atoms with E-state index in [1.807, 2.05) is 86.1 Å². The average Bonchev–Trinajstić information content (AvgIpc) is 3.27. The van der Waals surface area contributed by atoms with Gasteiger partial charge in [0.15, 0.2) is 5.17 Å². The Balaban J connectivity index is 1.62. The van der Waals surface area contributed by atoms with Crippen LogP contribution in [0, 0.1) is 6.92 Å². The second-order valence-corrected chi connectivity index (χ2v) is 8.57. The number of amides is 2. The van der Waals surface area contributed by atoms with Gasteiger partial charge in [-0.15, -0.1) is 0 Å². The number of fused-ring (bicyclic) bond motifs is 1. The maximum absolute atomic E-state index is 12.9. The van der Waals surface area contributed by atoms with Crippen LogP contribution in [-0.2, 0) is 16.1 Å². The lowest BCUT2D eigenvalue weighted by atomic mass is 10.1. The Bertz CT molecular complexity index is 1220. The van der Waals surface area contributed by atoms with Gasteiger partial charge in [0.05, 0.1) is 4.91 Å². The first-order chi connectivity index (χ1) is 15.5. The van der Waals surface area contributed by atoms with E-state index < -0.39 is 0 Å². The summed E-state index contributed by atoms with van der Waals surface area (Å²) in [6.07, 6.45) is 3.84. The monoisotopic (exact) mass is 446 g/mol. The number of carbonyl (C=O) groups excluding carboxylic acids is 2. The van der Waals surface area contributed by atoms with E-state index in [2.05, 4.69) is 10.3 Å². The van der Waals surface area contributed by atoms with Gasteiger partial charge in [-0.2, -0.15) is 0 Å². The molecular formula is C25H26N4O2S. The maximum atomic E-state index is 12.9. The third-order valence-electron chi connectivity index (χ3n) is 5.25. The van der Waals surface area contributed by atoms with E-state index in [1.165, 1.54) is 11.8 Å². The van der Waals surface area contributed by atoms with Crippen LogP contribution in [0.1, 0.15) is 25.0 Å². The number of thioether (sulfide) groups is 1. The first-order valence-electron chi connectivity index (χ1n) is 10.7. The van der Waals surface area contributed by atoms with Crippen molar-refractivity contribution < 1.29 is 9.59 Å². The standard InChI is InChI=1S/C25H26N4O2S/c1-4-26-25-29(5-2)24(31)22(32-25)14-18-15-28(21-9-7-6-8-20(18)21)16-23(30)27-19-12-10-17(3)11-13-19/h6-15H,4-5,16H2,1-3H3,(H,27,30)/b22-14-,26-25?. The average molecular weight is 447 g/mol. The molecule has 1 saturated heterocycles. The van der Waals surface area contributed by atoms with Gasteiger partial charge in [-0.25, -0.2) is 0 Å². The van der Waals surface area contributed by atoms with Gasteiger partial charge in [-0.3, -0.25) is 19.5 Å². The van der Waals surface area contributed by atoms with Gasteiger partial charge in [-0.05, 0) is 56.8 Å². The molecule has 3 aromatic rings. The molecule has 2 amide bonds. The van der Waals surface area contributed by atoms with Gasteiger partial charge >= 0.3 is 0 Å². The summed E-state index contributed by atoms with van der Waals surface area (Å²) in [5, 5.41) is 4.69. The second-order valence-electron chi connectivity index (χ2n) is 7.56. The first-order valence-corrected chi connectivity index (χ1v) is 11.5. The van der Waals surface area contributed by atoms with E-state index in [0.29, 0.717) is 18.0 Å². The number of aryl methyl sites for hydroxylation is 1. The summed E-state index contributed by atoms with van der Waals surface area (Å²) in [5.41, 5.74) is 3.77. The quantitative estimate of drug-likeness (QED) is 0.548.